The number of nitrogens with one attached hydrogen (secondary N) is 1. The topological polar surface area (TPSA) is 47.3 Å². The van der Waals surface area contributed by atoms with Crippen LogP contribution in [0.5, 0.6) is 0 Å². The van der Waals surface area contributed by atoms with Crippen LogP contribution in [0.2, 0.25) is 0 Å². The zero-order valence-corrected chi connectivity index (χ0v) is 9.58. The molecular formula is C12H24N2O. The molecule has 2 aliphatic rings. The molecule has 0 aromatic rings. The van der Waals surface area contributed by atoms with Gasteiger partial charge in [0.1, 0.15) is 0 Å². The van der Waals surface area contributed by atoms with Crippen LogP contribution in [0.15, 0.2) is 0 Å². The monoisotopic (exact) mass is 212 g/mol. The van der Waals surface area contributed by atoms with E-state index < -0.39 is 0 Å². The molecule has 1 saturated heterocycles. The lowest BCUT2D eigenvalue weighted by atomic mass is 9.85. The minimum absolute atomic E-state index is 0.427. The van der Waals surface area contributed by atoms with Crippen molar-refractivity contribution in [3.8, 4) is 0 Å². The van der Waals surface area contributed by atoms with E-state index in [1.807, 2.05) is 0 Å². The highest BCUT2D eigenvalue weighted by Gasteiger charge is 2.22. The molecule has 3 N–H and O–H groups in total. The summed E-state index contributed by atoms with van der Waals surface area (Å²) in [7, 11) is 0. The predicted molar refractivity (Wildman–Crippen MR) is 61.8 cm³/mol. The van der Waals surface area contributed by atoms with E-state index in [1.54, 1.807) is 0 Å². The Balaban J connectivity index is 1.59. The molecule has 0 spiro atoms. The Labute approximate surface area is 92.7 Å². The molecule has 3 nitrogen and oxygen atoms in total. The number of hydrogen-bond acceptors (Lipinski definition) is 3. The van der Waals surface area contributed by atoms with Gasteiger partial charge in [-0.3, -0.25) is 0 Å². The van der Waals surface area contributed by atoms with E-state index in [-0.39, 0.29) is 0 Å². The maximum absolute atomic E-state index is 6.10. The molecule has 3 heteroatoms. The second-order valence-corrected chi connectivity index (χ2v) is 5.00. The van der Waals surface area contributed by atoms with Crippen LogP contribution >= 0.6 is 0 Å². The van der Waals surface area contributed by atoms with Crippen molar-refractivity contribution < 1.29 is 4.74 Å². The summed E-state index contributed by atoms with van der Waals surface area (Å²) in [6.45, 7) is 3.06. The van der Waals surface area contributed by atoms with Gasteiger partial charge in [-0.2, -0.15) is 0 Å². The first-order valence-corrected chi connectivity index (χ1v) is 6.44. The first-order valence-electron chi connectivity index (χ1n) is 6.44. The van der Waals surface area contributed by atoms with Gasteiger partial charge in [0.2, 0.25) is 0 Å². The molecule has 3 atom stereocenters. The van der Waals surface area contributed by atoms with E-state index >= 15 is 0 Å². The first kappa shape index (κ1) is 11.4. The van der Waals surface area contributed by atoms with E-state index in [0.29, 0.717) is 18.1 Å². The van der Waals surface area contributed by atoms with Crippen LogP contribution in [0.25, 0.3) is 0 Å². The van der Waals surface area contributed by atoms with Crippen LogP contribution in [-0.2, 0) is 4.74 Å². The molecule has 2 rings (SSSR count). The first-order chi connectivity index (χ1) is 7.36. The molecule has 0 aromatic heterocycles. The molecule has 0 radical (unpaired) electrons. The Bertz CT molecular complexity index is 180. The average molecular weight is 212 g/mol. The summed E-state index contributed by atoms with van der Waals surface area (Å²) in [6, 6.07) is 0.427. The van der Waals surface area contributed by atoms with Crippen LogP contribution < -0.4 is 11.1 Å². The fourth-order valence-corrected chi connectivity index (χ4v) is 2.72. The second-order valence-electron chi connectivity index (χ2n) is 5.00. The smallest absolute Gasteiger partial charge is 0.0700 e. The lowest BCUT2D eigenvalue weighted by molar-refractivity contribution is 0.108. The molecule has 1 aliphatic carbocycles. The molecule has 3 unspecified atom stereocenters. The molecule has 0 amide bonds. The summed E-state index contributed by atoms with van der Waals surface area (Å²) >= 11 is 0. The van der Waals surface area contributed by atoms with Crippen molar-refractivity contribution in [2.24, 2.45) is 11.7 Å². The van der Waals surface area contributed by atoms with Gasteiger partial charge in [0.15, 0.2) is 0 Å². The van der Waals surface area contributed by atoms with Crippen molar-refractivity contribution in [3.05, 3.63) is 0 Å². The van der Waals surface area contributed by atoms with Crippen molar-refractivity contribution in [2.75, 3.05) is 19.7 Å². The third-order valence-corrected chi connectivity index (χ3v) is 3.77. The number of nitrogens with two attached hydrogens (primary N) is 1. The second kappa shape index (κ2) is 5.83. The number of rotatable bonds is 4. The zero-order chi connectivity index (χ0) is 10.5. The van der Waals surface area contributed by atoms with E-state index in [0.717, 1.165) is 19.7 Å². The van der Waals surface area contributed by atoms with E-state index in [4.69, 9.17) is 10.5 Å². The van der Waals surface area contributed by atoms with Gasteiger partial charge in [0, 0.05) is 19.2 Å². The largest absolute Gasteiger partial charge is 0.377 e. The van der Waals surface area contributed by atoms with Crippen LogP contribution in [0.4, 0.5) is 0 Å². The molecule has 1 saturated carbocycles. The summed E-state index contributed by atoms with van der Waals surface area (Å²) in [6.07, 6.45) is 8.12. The van der Waals surface area contributed by atoms with Crippen molar-refractivity contribution >= 4 is 0 Å². The molecule has 0 bridgehead atoms. The van der Waals surface area contributed by atoms with Crippen LogP contribution in [0.3, 0.4) is 0 Å². The molecule has 1 aliphatic heterocycles. The number of ether oxygens (including phenoxy) is 1. The highest BCUT2D eigenvalue weighted by Crippen LogP contribution is 2.22. The minimum atomic E-state index is 0.427. The van der Waals surface area contributed by atoms with Gasteiger partial charge in [-0.05, 0) is 38.1 Å². The van der Waals surface area contributed by atoms with Crippen LogP contribution in [0.1, 0.15) is 38.5 Å². The fourth-order valence-electron chi connectivity index (χ4n) is 2.72. The maximum atomic E-state index is 6.10. The van der Waals surface area contributed by atoms with Gasteiger partial charge < -0.3 is 15.8 Å². The standard InChI is InChI=1S/C12H24N2O/c13-12-6-2-1-4-10(12)8-14-9-11-5-3-7-15-11/h10-12,14H,1-9,13H2. The van der Waals surface area contributed by atoms with E-state index in [1.165, 1.54) is 38.5 Å². The molecule has 15 heavy (non-hydrogen) atoms. The van der Waals surface area contributed by atoms with E-state index in [2.05, 4.69) is 5.32 Å². The number of hydrogen-bond donors (Lipinski definition) is 2. The fraction of sp³-hybridized carbons (Fsp3) is 1.00. The third-order valence-electron chi connectivity index (χ3n) is 3.77. The Kier molecular flexibility index (Phi) is 4.42. The SMILES string of the molecule is NC1CCCCC1CNCC1CCCO1. The summed E-state index contributed by atoms with van der Waals surface area (Å²) in [5.41, 5.74) is 6.10. The Morgan fingerprint density at radius 2 is 1.93 bits per heavy atom. The van der Waals surface area contributed by atoms with Gasteiger partial charge in [-0.25, -0.2) is 0 Å². The summed E-state index contributed by atoms with van der Waals surface area (Å²) in [4.78, 5) is 0. The lowest BCUT2D eigenvalue weighted by Crippen LogP contribution is -2.41. The predicted octanol–water partition coefficient (Wildman–Crippen LogP) is 1.27. The Morgan fingerprint density at radius 3 is 2.67 bits per heavy atom. The van der Waals surface area contributed by atoms with Crippen LogP contribution in [0, 0.1) is 5.92 Å². The minimum Gasteiger partial charge on any atom is -0.377 e. The van der Waals surface area contributed by atoms with Gasteiger partial charge in [0.05, 0.1) is 6.10 Å². The Hall–Kier alpha value is -0.120. The highest BCUT2D eigenvalue weighted by molar-refractivity contribution is 4.80. The summed E-state index contributed by atoms with van der Waals surface area (Å²) in [5, 5.41) is 3.52. The van der Waals surface area contributed by atoms with Crippen molar-refractivity contribution in [1.82, 2.24) is 5.32 Å². The quantitative estimate of drug-likeness (QED) is 0.738. The van der Waals surface area contributed by atoms with Crippen molar-refractivity contribution in [3.63, 3.8) is 0 Å². The van der Waals surface area contributed by atoms with Gasteiger partial charge >= 0.3 is 0 Å². The van der Waals surface area contributed by atoms with Crippen LogP contribution in [-0.4, -0.2) is 31.8 Å². The summed E-state index contributed by atoms with van der Waals surface area (Å²) < 4.78 is 5.58. The van der Waals surface area contributed by atoms with Gasteiger partial charge in [-0.1, -0.05) is 12.8 Å². The van der Waals surface area contributed by atoms with Gasteiger partial charge in [0.25, 0.3) is 0 Å². The maximum Gasteiger partial charge on any atom is 0.0700 e. The molecule has 0 aromatic carbocycles. The summed E-state index contributed by atoms with van der Waals surface area (Å²) in [5.74, 6) is 0.695. The molecule has 2 fully saturated rings. The molecule has 88 valence electrons. The Morgan fingerprint density at radius 1 is 1.07 bits per heavy atom. The molecule has 1 heterocycles. The van der Waals surface area contributed by atoms with Gasteiger partial charge in [-0.15, -0.1) is 0 Å². The average Bonchev–Trinajstić information content (AvgIpc) is 2.74. The normalized spacial score (nSPS) is 37.0. The highest BCUT2D eigenvalue weighted by atomic mass is 16.5. The lowest BCUT2D eigenvalue weighted by Gasteiger charge is -2.29. The van der Waals surface area contributed by atoms with Crippen molar-refractivity contribution in [2.45, 2.75) is 50.7 Å². The van der Waals surface area contributed by atoms with E-state index in [9.17, 15) is 0 Å². The molecular weight excluding hydrogens is 188 g/mol. The zero-order valence-electron chi connectivity index (χ0n) is 9.58. The third kappa shape index (κ3) is 3.44. The van der Waals surface area contributed by atoms with Crippen molar-refractivity contribution in [1.29, 1.82) is 0 Å².